The number of nitrogens with one attached hydrogen (secondary N) is 1. The molecule has 146 valence electrons. The lowest BCUT2D eigenvalue weighted by Crippen LogP contribution is -2.44. The van der Waals surface area contributed by atoms with Gasteiger partial charge in [-0.15, -0.1) is 0 Å². The molecule has 9 nitrogen and oxygen atoms in total. The molecule has 0 atom stereocenters. The highest BCUT2D eigenvalue weighted by Gasteiger charge is 2.21. The molecule has 0 aromatic heterocycles. The second-order valence-corrected chi connectivity index (χ2v) is 8.11. The number of nitrogens with zero attached hydrogens (tertiary/aromatic N) is 3. The molecule has 1 fully saturated rings. The van der Waals surface area contributed by atoms with Crippen molar-refractivity contribution in [1.29, 1.82) is 0 Å². The molecule has 1 aromatic carbocycles. The molecule has 1 aliphatic rings. The van der Waals surface area contributed by atoms with Gasteiger partial charge in [0, 0.05) is 38.8 Å². The lowest BCUT2D eigenvalue weighted by atomic mass is 10.2. The summed E-state index contributed by atoms with van der Waals surface area (Å²) in [6.45, 7) is 5.45. The Morgan fingerprint density at radius 2 is 1.92 bits per heavy atom. The van der Waals surface area contributed by atoms with Crippen molar-refractivity contribution in [3.05, 3.63) is 28.3 Å². The largest absolute Gasteiger partial charge is 0.490 e. The highest BCUT2D eigenvalue weighted by Crippen LogP contribution is 2.29. The van der Waals surface area contributed by atoms with Crippen molar-refractivity contribution < 1.29 is 18.1 Å². The molecule has 0 amide bonds. The number of hydrogen-bond acceptors (Lipinski definition) is 7. The van der Waals surface area contributed by atoms with Crippen LogP contribution in [0, 0.1) is 10.1 Å². The number of nitro groups is 1. The predicted octanol–water partition coefficient (Wildman–Crippen LogP) is 0.909. The van der Waals surface area contributed by atoms with Crippen molar-refractivity contribution >= 4 is 15.7 Å². The van der Waals surface area contributed by atoms with Crippen LogP contribution in [0.3, 0.4) is 0 Å². The van der Waals surface area contributed by atoms with Crippen LogP contribution in [0.15, 0.2) is 23.1 Å². The highest BCUT2D eigenvalue weighted by atomic mass is 32.2. The second-order valence-electron chi connectivity index (χ2n) is 6.34. The third-order valence-corrected chi connectivity index (χ3v) is 5.91. The summed E-state index contributed by atoms with van der Waals surface area (Å²) < 4.78 is 32.0. The summed E-state index contributed by atoms with van der Waals surface area (Å²) in [6, 6.07) is 3.61. The maximum Gasteiger partial charge on any atom is 0.312 e. The van der Waals surface area contributed by atoms with E-state index in [1.807, 2.05) is 0 Å². The standard InChI is InChI=1S/C16H26N4O5S/c1-18-9-11-19(12-10-18)8-4-3-7-17-26(23,24)14-5-6-16(25-2)15(13-14)20(21)22/h5-6,13,17H,3-4,7-12H2,1-2H3. The van der Waals surface area contributed by atoms with E-state index in [9.17, 15) is 18.5 Å². The van der Waals surface area contributed by atoms with Gasteiger partial charge in [-0.1, -0.05) is 0 Å². The number of ether oxygens (including phenoxy) is 1. The van der Waals surface area contributed by atoms with E-state index in [2.05, 4.69) is 21.6 Å². The van der Waals surface area contributed by atoms with Crippen LogP contribution < -0.4 is 9.46 Å². The van der Waals surface area contributed by atoms with Gasteiger partial charge in [-0.3, -0.25) is 10.1 Å². The number of unbranched alkanes of at least 4 members (excludes halogenated alkanes) is 1. The van der Waals surface area contributed by atoms with Crippen LogP contribution >= 0.6 is 0 Å². The molecule has 0 spiro atoms. The number of benzene rings is 1. The Hall–Kier alpha value is -1.75. The SMILES string of the molecule is COc1ccc(S(=O)(=O)NCCCCN2CCN(C)CC2)cc1[N+](=O)[O-]. The fourth-order valence-electron chi connectivity index (χ4n) is 2.80. The molecule has 0 bridgehead atoms. The predicted molar refractivity (Wildman–Crippen MR) is 98.0 cm³/mol. The van der Waals surface area contributed by atoms with Crippen molar-refractivity contribution in [3.8, 4) is 5.75 Å². The third-order valence-electron chi connectivity index (χ3n) is 4.45. The quantitative estimate of drug-likeness (QED) is 0.382. The maximum absolute atomic E-state index is 12.3. The van der Waals surface area contributed by atoms with Gasteiger partial charge < -0.3 is 14.5 Å². The lowest BCUT2D eigenvalue weighted by molar-refractivity contribution is -0.386. The molecule has 1 aliphatic heterocycles. The molecule has 2 rings (SSSR count). The summed E-state index contributed by atoms with van der Waals surface area (Å²) in [6.07, 6.45) is 1.61. The summed E-state index contributed by atoms with van der Waals surface area (Å²) in [7, 11) is -0.377. The summed E-state index contributed by atoms with van der Waals surface area (Å²) in [5.41, 5.74) is -0.370. The number of nitro benzene ring substituents is 1. The molecule has 1 saturated heterocycles. The topological polar surface area (TPSA) is 105 Å². The van der Waals surface area contributed by atoms with Gasteiger partial charge in [0.05, 0.1) is 16.9 Å². The minimum Gasteiger partial charge on any atom is -0.490 e. The van der Waals surface area contributed by atoms with Crippen molar-refractivity contribution in [1.82, 2.24) is 14.5 Å². The van der Waals surface area contributed by atoms with Gasteiger partial charge in [0.2, 0.25) is 10.0 Å². The number of sulfonamides is 1. The number of methoxy groups -OCH3 is 1. The number of likely N-dealkylation sites (N-methyl/N-ethyl adjacent to an activating group) is 1. The monoisotopic (exact) mass is 386 g/mol. The van der Waals surface area contributed by atoms with E-state index in [1.54, 1.807) is 0 Å². The van der Waals surface area contributed by atoms with E-state index in [0.717, 1.165) is 45.2 Å². The second kappa shape index (κ2) is 9.26. The Labute approximate surface area is 154 Å². The molecule has 0 saturated carbocycles. The fourth-order valence-corrected chi connectivity index (χ4v) is 3.90. The van der Waals surface area contributed by atoms with Gasteiger partial charge in [-0.2, -0.15) is 0 Å². The average molecular weight is 386 g/mol. The number of hydrogen-bond donors (Lipinski definition) is 1. The molecule has 0 aliphatic carbocycles. The Morgan fingerprint density at radius 3 is 2.54 bits per heavy atom. The van der Waals surface area contributed by atoms with Crippen LogP contribution in [0.1, 0.15) is 12.8 Å². The Morgan fingerprint density at radius 1 is 1.23 bits per heavy atom. The molecule has 1 N–H and O–H groups in total. The Bertz CT molecular complexity index is 717. The van der Waals surface area contributed by atoms with Gasteiger partial charge in [0.15, 0.2) is 5.75 Å². The summed E-state index contributed by atoms with van der Waals surface area (Å²) in [4.78, 5) is 14.9. The van der Waals surface area contributed by atoms with E-state index in [4.69, 9.17) is 4.74 Å². The van der Waals surface area contributed by atoms with Crippen LogP contribution in [0.4, 0.5) is 5.69 Å². The van der Waals surface area contributed by atoms with Crippen molar-refractivity contribution in [3.63, 3.8) is 0 Å². The van der Waals surface area contributed by atoms with E-state index in [-0.39, 0.29) is 16.3 Å². The number of piperazine rings is 1. The van der Waals surface area contributed by atoms with Crippen molar-refractivity contribution in [2.75, 3.05) is 53.4 Å². The molecular weight excluding hydrogens is 360 g/mol. The molecule has 0 radical (unpaired) electrons. The van der Waals surface area contributed by atoms with Gasteiger partial charge in [-0.05, 0) is 38.6 Å². The van der Waals surface area contributed by atoms with Gasteiger partial charge in [-0.25, -0.2) is 13.1 Å². The zero-order valence-corrected chi connectivity index (χ0v) is 16.0. The van der Waals surface area contributed by atoms with Gasteiger partial charge >= 0.3 is 5.69 Å². The Kier molecular flexibility index (Phi) is 7.33. The van der Waals surface area contributed by atoms with Crippen LogP contribution in [0.25, 0.3) is 0 Å². The zero-order chi connectivity index (χ0) is 19.2. The number of rotatable bonds is 9. The first kappa shape index (κ1) is 20.6. The van der Waals surface area contributed by atoms with E-state index in [0.29, 0.717) is 13.0 Å². The van der Waals surface area contributed by atoms with E-state index >= 15 is 0 Å². The zero-order valence-electron chi connectivity index (χ0n) is 15.2. The van der Waals surface area contributed by atoms with Crippen LogP contribution in [-0.2, 0) is 10.0 Å². The normalized spacial score (nSPS) is 16.5. The van der Waals surface area contributed by atoms with E-state index < -0.39 is 14.9 Å². The fraction of sp³-hybridized carbons (Fsp3) is 0.625. The highest BCUT2D eigenvalue weighted by molar-refractivity contribution is 7.89. The molecule has 26 heavy (non-hydrogen) atoms. The van der Waals surface area contributed by atoms with Gasteiger partial charge in [0.1, 0.15) is 0 Å². The molecular formula is C16H26N4O5S. The van der Waals surface area contributed by atoms with Gasteiger partial charge in [0.25, 0.3) is 0 Å². The summed E-state index contributed by atoms with van der Waals surface area (Å²) in [5.74, 6) is 0.0288. The minimum atomic E-state index is -3.78. The Balaban J connectivity index is 1.83. The minimum absolute atomic E-state index is 0.0288. The van der Waals surface area contributed by atoms with Crippen molar-refractivity contribution in [2.45, 2.75) is 17.7 Å². The third kappa shape index (κ3) is 5.63. The first-order valence-corrected chi connectivity index (χ1v) is 10.0. The van der Waals surface area contributed by atoms with Crippen LogP contribution in [0.2, 0.25) is 0 Å². The molecule has 1 heterocycles. The first-order chi connectivity index (χ1) is 12.3. The average Bonchev–Trinajstić information content (AvgIpc) is 2.62. The van der Waals surface area contributed by atoms with Crippen LogP contribution in [0.5, 0.6) is 5.75 Å². The van der Waals surface area contributed by atoms with E-state index in [1.165, 1.54) is 19.2 Å². The molecule has 1 aromatic rings. The maximum atomic E-state index is 12.3. The summed E-state index contributed by atoms with van der Waals surface area (Å²) >= 11 is 0. The molecule has 10 heteroatoms. The molecule has 0 unspecified atom stereocenters. The lowest BCUT2D eigenvalue weighted by Gasteiger charge is -2.32. The summed E-state index contributed by atoms with van der Waals surface area (Å²) in [5, 5.41) is 11.0. The van der Waals surface area contributed by atoms with Crippen molar-refractivity contribution in [2.24, 2.45) is 0 Å². The van der Waals surface area contributed by atoms with Crippen LogP contribution in [-0.4, -0.2) is 76.6 Å². The smallest absolute Gasteiger partial charge is 0.312 e. The first-order valence-electron chi connectivity index (χ1n) is 8.56.